The lowest BCUT2D eigenvalue weighted by Crippen LogP contribution is -2.43. The molecule has 6 aromatic rings. The molecular formula is C52H56BN5O. The molecule has 0 saturated heterocycles. The van der Waals surface area contributed by atoms with E-state index in [4.69, 9.17) is 9.72 Å². The van der Waals surface area contributed by atoms with Crippen molar-refractivity contribution in [3.63, 3.8) is 0 Å². The quantitative estimate of drug-likeness (QED) is 0.151. The molecule has 3 aliphatic heterocycles. The van der Waals surface area contributed by atoms with Crippen LogP contribution in [0.2, 0.25) is 0 Å². The Morgan fingerprint density at radius 2 is 1.37 bits per heavy atom. The molecule has 4 aromatic carbocycles. The van der Waals surface area contributed by atoms with Gasteiger partial charge in [-0.15, -0.1) is 0 Å². The van der Waals surface area contributed by atoms with Crippen molar-refractivity contribution >= 4 is 45.7 Å². The fourth-order valence-electron chi connectivity index (χ4n) is 9.07. The first-order valence-corrected chi connectivity index (χ1v) is 21.1. The summed E-state index contributed by atoms with van der Waals surface area (Å²) in [5.41, 5.74) is 11.4. The maximum absolute atomic E-state index is 6.77. The van der Waals surface area contributed by atoms with Gasteiger partial charge in [-0.25, -0.2) is 4.98 Å². The smallest absolute Gasteiger partial charge is 0.317 e. The zero-order chi connectivity index (χ0) is 41.3. The number of ether oxygens (including phenoxy) is 1. The first-order chi connectivity index (χ1) is 28.1. The van der Waals surface area contributed by atoms with Gasteiger partial charge in [-0.1, -0.05) is 111 Å². The summed E-state index contributed by atoms with van der Waals surface area (Å²) < 4.78 is 9.05. The Morgan fingerprint density at radius 3 is 2.14 bits per heavy atom. The van der Waals surface area contributed by atoms with Gasteiger partial charge in [0.2, 0.25) is 0 Å². The highest BCUT2D eigenvalue weighted by Gasteiger charge is 2.40. The van der Waals surface area contributed by atoms with E-state index in [0.717, 1.165) is 46.9 Å². The summed E-state index contributed by atoms with van der Waals surface area (Å²) in [5.74, 6) is 4.84. The van der Waals surface area contributed by atoms with E-state index in [1.54, 1.807) is 0 Å². The monoisotopic (exact) mass is 777 g/mol. The average molecular weight is 778 g/mol. The number of nitrogens with zero attached hydrogens (tertiary/aromatic N) is 5. The SMILES string of the molecule is CC(C)(C)CC1=CN2C=CC=CB2C(CC(C)(C)C)=C1N1CN(c2cccc(Oc3ccc4c5ccccc5n(-c5cc(C(C)(C)C)ccn5)c4c3)c2)c2ccccc21. The van der Waals surface area contributed by atoms with Crippen molar-refractivity contribution in [1.82, 2.24) is 14.4 Å². The van der Waals surface area contributed by atoms with Crippen LogP contribution in [0.5, 0.6) is 11.5 Å². The number of fused-ring (bicyclic) bond motifs is 5. The predicted molar refractivity (Wildman–Crippen MR) is 249 cm³/mol. The van der Waals surface area contributed by atoms with Crippen molar-refractivity contribution in [3.05, 3.63) is 162 Å². The van der Waals surface area contributed by atoms with E-state index in [0.29, 0.717) is 6.67 Å². The van der Waals surface area contributed by atoms with Crippen molar-refractivity contribution in [3.8, 4) is 17.3 Å². The third-order valence-electron chi connectivity index (χ3n) is 11.6. The van der Waals surface area contributed by atoms with Gasteiger partial charge in [0.15, 0.2) is 0 Å². The Morgan fingerprint density at radius 1 is 0.661 bits per heavy atom. The molecule has 2 aromatic heterocycles. The van der Waals surface area contributed by atoms with Crippen LogP contribution in [-0.2, 0) is 5.41 Å². The molecule has 3 aliphatic rings. The first kappa shape index (κ1) is 38.6. The molecule has 6 nitrogen and oxygen atoms in total. The minimum absolute atomic E-state index is 0.00162. The van der Waals surface area contributed by atoms with E-state index in [2.05, 4.69) is 215 Å². The third kappa shape index (κ3) is 7.48. The number of benzene rings is 4. The molecule has 0 spiro atoms. The van der Waals surface area contributed by atoms with Crippen LogP contribution in [-0.4, -0.2) is 27.9 Å². The second-order valence-corrected chi connectivity index (χ2v) is 19.9. The van der Waals surface area contributed by atoms with Gasteiger partial charge in [0.25, 0.3) is 0 Å². The maximum atomic E-state index is 6.77. The topological polar surface area (TPSA) is 36.8 Å². The lowest BCUT2D eigenvalue weighted by molar-refractivity contribution is 0.401. The Balaban J connectivity index is 1.09. The first-order valence-electron chi connectivity index (χ1n) is 21.1. The van der Waals surface area contributed by atoms with Gasteiger partial charge in [0, 0.05) is 40.5 Å². The summed E-state index contributed by atoms with van der Waals surface area (Å²) >= 11 is 0. The molecule has 0 fully saturated rings. The van der Waals surface area contributed by atoms with Crippen molar-refractivity contribution in [2.75, 3.05) is 16.5 Å². The van der Waals surface area contributed by atoms with Crippen LogP contribution in [0.1, 0.15) is 80.7 Å². The Kier molecular flexibility index (Phi) is 9.42. The lowest BCUT2D eigenvalue weighted by Gasteiger charge is -2.41. The number of hydrogen-bond donors (Lipinski definition) is 0. The number of allylic oxidation sites excluding steroid dienone is 4. The van der Waals surface area contributed by atoms with Gasteiger partial charge in [-0.05, 0) is 119 Å². The number of anilines is 3. The van der Waals surface area contributed by atoms with Crippen LogP contribution < -0.4 is 14.5 Å². The normalized spacial score (nSPS) is 15.7. The molecule has 9 rings (SSSR count). The Bertz CT molecular complexity index is 2710. The molecule has 0 saturated carbocycles. The molecule has 0 unspecified atom stereocenters. The van der Waals surface area contributed by atoms with Gasteiger partial charge in [-0.2, -0.15) is 0 Å². The molecule has 0 N–H and O–H groups in total. The van der Waals surface area contributed by atoms with Crippen LogP contribution in [0.25, 0.3) is 27.6 Å². The van der Waals surface area contributed by atoms with E-state index in [-0.39, 0.29) is 23.1 Å². The zero-order valence-electron chi connectivity index (χ0n) is 36.1. The molecule has 0 aliphatic carbocycles. The zero-order valence-corrected chi connectivity index (χ0v) is 36.1. The predicted octanol–water partition coefficient (Wildman–Crippen LogP) is 13.7. The Labute approximate surface area is 350 Å². The summed E-state index contributed by atoms with van der Waals surface area (Å²) in [4.78, 5) is 12.3. The summed E-state index contributed by atoms with van der Waals surface area (Å²) in [6.45, 7) is 21.8. The number of aromatic nitrogens is 2. The molecule has 0 atom stereocenters. The lowest BCUT2D eigenvalue weighted by atomic mass is 9.48. The molecule has 5 heterocycles. The molecule has 0 bridgehead atoms. The summed E-state index contributed by atoms with van der Waals surface area (Å²) in [7, 11) is 0. The maximum Gasteiger partial charge on any atom is 0.317 e. The van der Waals surface area contributed by atoms with Crippen LogP contribution >= 0.6 is 0 Å². The second kappa shape index (κ2) is 14.4. The van der Waals surface area contributed by atoms with E-state index >= 15 is 0 Å². The number of rotatable bonds is 7. The second-order valence-electron chi connectivity index (χ2n) is 19.9. The standard InChI is InChI=1S/C52H56BN5O/c1-50(2,3)32-36-34-55-28-15-14-26-53(55)43(33-51(4,5)6)49(36)57-35-56(45-21-12-13-22-46(45)57)38-17-16-18-39(30-38)59-40-23-24-42-41-19-10-11-20-44(41)58(47(42)31-40)48-29-37(25-27-54-48)52(7,8)9/h10-31,34H,32-33,35H2,1-9H3. The van der Waals surface area contributed by atoms with Crippen LogP contribution in [0.4, 0.5) is 17.1 Å². The van der Waals surface area contributed by atoms with Gasteiger partial charge in [0.1, 0.15) is 24.0 Å². The molecule has 298 valence electrons. The molecule has 59 heavy (non-hydrogen) atoms. The van der Waals surface area contributed by atoms with Gasteiger partial charge in [0.05, 0.1) is 22.4 Å². The molecular weight excluding hydrogens is 721 g/mol. The largest absolute Gasteiger partial charge is 0.457 e. The van der Waals surface area contributed by atoms with Gasteiger partial charge >= 0.3 is 6.85 Å². The van der Waals surface area contributed by atoms with Crippen LogP contribution in [0.3, 0.4) is 0 Å². The highest BCUT2D eigenvalue weighted by molar-refractivity contribution is 6.70. The number of para-hydroxylation sites is 3. The van der Waals surface area contributed by atoms with Crippen molar-refractivity contribution in [2.24, 2.45) is 10.8 Å². The van der Waals surface area contributed by atoms with E-state index < -0.39 is 0 Å². The fourth-order valence-corrected chi connectivity index (χ4v) is 9.07. The highest BCUT2D eigenvalue weighted by atomic mass is 16.5. The fraction of sp³-hybridized carbons (Fsp3) is 0.288. The van der Waals surface area contributed by atoms with Gasteiger partial charge < -0.3 is 19.3 Å². The van der Waals surface area contributed by atoms with E-state index in [1.807, 2.05) is 6.20 Å². The Hall–Kier alpha value is -5.95. The van der Waals surface area contributed by atoms with Crippen molar-refractivity contribution < 1.29 is 4.74 Å². The van der Waals surface area contributed by atoms with E-state index in [1.165, 1.54) is 44.5 Å². The molecule has 7 heteroatoms. The minimum Gasteiger partial charge on any atom is -0.457 e. The average Bonchev–Trinajstić information content (AvgIpc) is 3.72. The number of pyridine rings is 1. The highest BCUT2D eigenvalue weighted by Crippen LogP contribution is 2.49. The van der Waals surface area contributed by atoms with Crippen LogP contribution in [0, 0.1) is 10.8 Å². The number of hydrogen-bond acceptors (Lipinski definition) is 5. The summed E-state index contributed by atoms with van der Waals surface area (Å²) in [6.07, 6.45) is 12.9. The third-order valence-corrected chi connectivity index (χ3v) is 11.6. The molecule has 0 radical (unpaired) electrons. The van der Waals surface area contributed by atoms with E-state index in [9.17, 15) is 0 Å². The minimum atomic E-state index is 0.00162. The van der Waals surface area contributed by atoms with Crippen molar-refractivity contribution in [2.45, 2.75) is 80.6 Å². The summed E-state index contributed by atoms with van der Waals surface area (Å²) in [5, 5.41) is 2.36. The van der Waals surface area contributed by atoms with Crippen molar-refractivity contribution in [1.29, 1.82) is 0 Å². The molecule has 0 amide bonds. The summed E-state index contributed by atoms with van der Waals surface area (Å²) in [6, 6.07) is 36.8. The van der Waals surface area contributed by atoms with Crippen LogP contribution in [0.15, 0.2) is 157 Å². The van der Waals surface area contributed by atoms with Gasteiger partial charge in [-0.3, -0.25) is 4.57 Å².